The molecule has 0 saturated heterocycles. The van der Waals surface area contributed by atoms with E-state index in [1.807, 2.05) is 12.1 Å². The molecule has 3 heteroatoms. The average Bonchev–Trinajstić information content (AvgIpc) is 2.42. The van der Waals surface area contributed by atoms with Crippen LogP contribution in [0.3, 0.4) is 0 Å². The molecule has 0 spiro atoms. The lowest BCUT2D eigenvalue weighted by molar-refractivity contribution is -0.121. The SMILES string of the molecule is CCC(CC)NC(=O)CN[C@@H](C)c1ccccc1C. The van der Waals surface area contributed by atoms with Crippen molar-refractivity contribution < 1.29 is 4.79 Å². The highest BCUT2D eigenvalue weighted by Gasteiger charge is 2.11. The minimum atomic E-state index is 0.0779. The van der Waals surface area contributed by atoms with Crippen molar-refractivity contribution in [3.63, 3.8) is 0 Å². The Hall–Kier alpha value is -1.35. The van der Waals surface area contributed by atoms with Gasteiger partial charge in [0.25, 0.3) is 0 Å². The van der Waals surface area contributed by atoms with Crippen LogP contribution in [0.4, 0.5) is 0 Å². The zero-order chi connectivity index (χ0) is 14.3. The van der Waals surface area contributed by atoms with Crippen molar-refractivity contribution in [1.29, 1.82) is 0 Å². The first-order valence-electron chi connectivity index (χ1n) is 7.16. The van der Waals surface area contributed by atoms with E-state index in [2.05, 4.69) is 50.5 Å². The van der Waals surface area contributed by atoms with E-state index in [0.29, 0.717) is 12.6 Å². The van der Waals surface area contributed by atoms with Gasteiger partial charge in [0.15, 0.2) is 0 Å². The summed E-state index contributed by atoms with van der Waals surface area (Å²) in [5, 5.41) is 6.32. The maximum Gasteiger partial charge on any atom is 0.234 e. The zero-order valence-electron chi connectivity index (χ0n) is 12.5. The topological polar surface area (TPSA) is 41.1 Å². The molecule has 3 nitrogen and oxygen atoms in total. The lowest BCUT2D eigenvalue weighted by Crippen LogP contribution is -2.40. The maximum absolute atomic E-state index is 11.8. The maximum atomic E-state index is 11.8. The van der Waals surface area contributed by atoms with Gasteiger partial charge < -0.3 is 10.6 Å². The van der Waals surface area contributed by atoms with Crippen molar-refractivity contribution in [2.75, 3.05) is 6.54 Å². The third kappa shape index (κ3) is 5.03. The first-order chi connectivity index (χ1) is 9.08. The van der Waals surface area contributed by atoms with E-state index in [0.717, 1.165) is 12.8 Å². The molecule has 19 heavy (non-hydrogen) atoms. The Bertz CT molecular complexity index is 399. The Morgan fingerprint density at radius 2 is 1.84 bits per heavy atom. The predicted molar refractivity (Wildman–Crippen MR) is 80.1 cm³/mol. The fourth-order valence-electron chi connectivity index (χ4n) is 2.20. The Balaban J connectivity index is 2.44. The van der Waals surface area contributed by atoms with Crippen LogP contribution in [0, 0.1) is 6.92 Å². The largest absolute Gasteiger partial charge is 0.352 e. The molecule has 0 fully saturated rings. The molecular formula is C16H26N2O. The van der Waals surface area contributed by atoms with Gasteiger partial charge in [-0.3, -0.25) is 4.79 Å². The predicted octanol–water partition coefficient (Wildman–Crippen LogP) is 2.95. The van der Waals surface area contributed by atoms with Crippen LogP contribution in [0.5, 0.6) is 0 Å². The number of benzene rings is 1. The van der Waals surface area contributed by atoms with Gasteiger partial charge >= 0.3 is 0 Å². The number of hydrogen-bond donors (Lipinski definition) is 2. The third-order valence-electron chi connectivity index (χ3n) is 3.57. The standard InChI is InChI=1S/C16H26N2O/c1-5-14(6-2)18-16(19)11-17-13(4)15-10-8-7-9-12(15)3/h7-10,13-14,17H,5-6,11H2,1-4H3,(H,18,19)/t13-/m0/s1. The second-order valence-corrected chi connectivity index (χ2v) is 5.04. The molecule has 0 aliphatic heterocycles. The summed E-state index contributed by atoms with van der Waals surface area (Å²) >= 11 is 0. The highest BCUT2D eigenvalue weighted by Crippen LogP contribution is 2.16. The normalized spacial score (nSPS) is 12.5. The van der Waals surface area contributed by atoms with E-state index < -0.39 is 0 Å². The molecule has 1 aromatic rings. The minimum Gasteiger partial charge on any atom is -0.352 e. The molecule has 106 valence electrons. The molecule has 0 saturated carbocycles. The number of carbonyl (C=O) groups is 1. The molecule has 1 rings (SSSR count). The van der Waals surface area contributed by atoms with Crippen LogP contribution in [-0.4, -0.2) is 18.5 Å². The molecular weight excluding hydrogens is 236 g/mol. The lowest BCUT2D eigenvalue weighted by Gasteiger charge is -2.18. The molecule has 0 heterocycles. The third-order valence-corrected chi connectivity index (χ3v) is 3.57. The van der Waals surface area contributed by atoms with Gasteiger partial charge in [-0.05, 0) is 37.8 Å². The van der Waals surface area contributed by atoms with Gasteiger partial charge in [-0.1, -0.05) is 38.1 Å². The van der Waals surface area contributed by atoms with Crippen molar-refractivity contribution in [3.8, 4) is 0 Å². The molecule has 0 aromatic heterocycles. The van der Waals surface area contributed by atoms with Gasteiger partial charge in [-0.25, -0.2) is 0 Å². The monoisotopic (exact) mass is 262 g/mol. The van der Waals surface area contributed by atoms with Gasteiger partial charge in [0.1, 0.15) is 0 Å². The average molecular weight is 262 g/mol. The molecule has 0 radical (unpaired) electrons. The fourth-order valence-corrected chi connectivity index (χ4v) is 2.20. The van der Waals surface area contributed by atoms with E-state index in [9.17, 15) is 4.79 Å². The summed E-state index contributed by atoms with van der Waals surface area (Å²) < 4.78 is 0. The van der Waals surface area contributed by atoms with Crippen molar-refractivity contribution >= 4 is 5.91 Å². The van der Waals surface area contributed by atoms with Crippen LogP contribution >= 0.6 is 0 Å². The van der Waals surface area contributed by atoms with Crippen LogP contribution in [-0.2, 0) is 4.79 Å². The molecule has 1 aromatic carbocycles. The summed E-state index contributed by atoms with van der Waals surface area (Å²) in [6.07, 6.45) is 1.96. The molecule has 2 N–H and O–H groups in total. The molecule has 0 unspecified atom stereocenters. The van der Waals surface area contributed by atoms with Gasteiger partial charge in [0.2, 0.25) is 5.91 Å². The summed E-state index contributed by atoms with van der Waals surface area (Å²) in [5.74, 6) is 0.0779. The first kappa shape index (κ1) is 15.7. The Morgan fingerprint density at radius 1 is 1.21 bits per heavy atom. The van der Waals surface area contributed by atoms with Gasteiger partial charge in [-0.15, -0.1) is 0 Å². The van der Waals surface area contributed by atoms with E-state index in [-0.39, 0.29) is 11.9 Å². The van der Waals surface area contributed by atoms with Crippen molar-refractivity contribution in [2.45, 2.75) is 52.6 Å². The van der Waals surface area contributed by atoms with Crippen LogP contribution in [0.1, 0.15) is 50.8 Å². The first-order valence-corrected chi connectivity index (χ1v) is 7.16. The Morgan fingerprint density at radius 3 is 2.42 bits per heavy atom. The van der Waals surface area contributed by atoms with E-state index in [4.69, 9.17) is 0 Å². The van der Waals surface area contributed by atoms with Gasteiger partial charge in [-0.2, -0.15) is 0 Å². The fraction of sp³-hybridized carbons (Fsp3) is 0.562. The van der Waals surface area contributed by atoms with Crippen LogP contribution < -0.4 is 10.6 Å². The summed E-state index contributed by atoms with van der Waals surface area (Å²) in [7, 11) is 0. The number of amides is 1. The van der Waals surface area contributed by atoms with Gasteiger partial charge in [0.05, 0.1) is 6.54 Å². The second kappa shape index (κ2) is 7.95. The van der Waals surface area contributed by atoms with Crippen LogP contribution in [0.15, 0.2) is 24.3 Å². The van der Waals surface area contributed by atoms with E-state index >= 15 is 0 Å². The highest BCUT2D eigenvalue weighted by molar-refractivity contribution is 5.78. The smallest absolute Gasteiger partial charge is 0.234 e. The van der Waals surface area contributed by atoms with E-state index in [1.165, 1.54) is 11.1 Å². The van der Waals surface area contributed by atoms with Crippen molar-refractivity contribution in [3.05, 3.63) is 35.4 Å². The molecule has 0 bridgehead atoms. The lowest BCUT2D eigenvalue weighted by atomic mass is 10.0. The van der Waals surface area contributed by atoms with Crippen LogP contribution in [0.2, 0.25) is 0 Å². The zero-order valence-corrected chi connectivity index (χ0v) is 12.5. The number of carbonyl (C=O) groups excluding carboxylic acids is 1. The summed E-state index contributed by atoms with van der Waals surface area (Å²) in [6.45, 7) is 8.74. The van der Waals surface area contributed by atoms with Crippen molar-refractivity contribution in [1.82, 2.24) is 10.6 Å². The molecule has 1 atom stereocenters. The van der Waals surface area contributed by atoms with Crippen LogP contribution in [0.25, 0.3) is 0 Å². The summed E-state index contributed by atoms with van der Waals surface area (Å²) in [5.41, 5.74) is 2.50. The van der Waals surface area contributed by atoms with E-state index in [1.54, 1.807) is 0 Å². The Labute approximate surface area is 116 Å². The summed E-state index contributed by atoms with van der Waals surface area (Å²) in [6, 6.07) is 8.75. The summed E-state index contributed by atoms with van der Waals surface area (Å²) in [4.78, 5) is 11.8. The number of hydrogen-bond acceptors (Lipinski definition) is 2. The number of aryl methyl sites for hydroxylation is 1. The highest BCUT2D eigenvalue weighted by atomic mass is 16.1. The number of nitrogens with one attached hydrogen (secondary N) is 2. The quantitative estimate of drug-likeness (QED) is 0.793. The number of rotatable bonds is 7. The second-order valence-electron chi connectivity index (χ2n) is 5.04. The minimum absolute atomic E-state index is 0.0779. The molecule has 1 amide bonds. The molecule has 0 aliphatic carbocycles. The van der Waals surface area contributed by atoms with Gasteiger partial charge in [0, 0.05) is 12.1 Å². The Kier molecular flexibility index (Phi) is 6.57. The molecule has 0 aliphatic rings. The van der Waals surface area contributed by atoms with Crippen molar-refractivity contribution in [2.24, 2.45) is 0 Å².